The molecule has 7 heteroatoms. The molecule has 0 saturated carbocycles. The molecule has 1 aliphatic carbocycles. The summed E-state index contributed by atoms with van der Waals surface area (Å²) in [4.78, 5) is 53.5. The Morgan fingerprint density at radius 2 is 1.86 bits per heavy atom. The third-order valence-electron chi connectivity index (χ3n) is 5.51. The van der Waals surface area contributed by atoms with Crippen LogP contribution >= 0.6 is 0 Å². The van der Waals surface area contributed by atoms with E-state index in [9.17, 15) is 23.6 Å². The number of rotatable bonds is 5. The van der Waals surface area contributed by atoms with Crippen LogP contribution in [0.25, 0.3) is 0 Å². The van der Waals surface area contributed by atoms with Crippen LogP contribution in [0.15, 0.2) is 35.9 Å². The van der Waals surface area contributed by atoms with E-state index in [1.165, 1.54) is 25.1 Å². The first-order chi connectivity index (χ1) is 13.3. The number of urea groups is 1. The normalized spacial score (nSPS) is 23.1. The van der Waals surface area contributed by atoms with Crippen molar-refractivity contribution in [3.63, 3.8) is 0 Å². The lowest BCUT2D eigenvalue weighted by molar-refractivity contribution is -0.154. The monoisotopic (exact) mass is 386 g/mol. The number of ketones is 1. The molecule has 4 amide bonds. The second-order valence-corrected chi connectivity index (χ2v) is 7.26. The van der Waals surface area contributed by atoms with Crippen LogP contribution in [0.2, 0.25) is 0 Å². The summed E-state index contributed by atoms with van der Waals surface area (Å²) < 4.78 is 13.4. The molecular weight excluding hydrogens is 363 g/mol. The molecular formula is C21H23FN2O4. The maximum Gasteiger partial charge on any atom is 0.333 e. The number of imide groups is 2. The number of carbonyl (C=O) groups is 4. The van der Waals surface area contributed by atoms with E-state index in [4.69, 9.17) is 0 Å². The van der Waals surface area contributed by atoms with Gasteiger partial charge in [-0.05, 0) is 57.2 Å². The number of benzene rings is 1. The smallest absolute Gasteiger partial charge is 0.292 e. The lowest BCUT2D eigenvalue weighted by Crippen LogP contribution is -2.65. The van der Waals surface area contributed by atoms with Gasteiger partial charge in [0.05, 0.1) is 6.54 Å². The van der Waals surface area contributed by atoms with Crippen molar-refractivity contribution in [1.82, 2.24) is 9.80 Å². The van der Waals surface area contributed by atoms with Gasteiger partial charge in [0.2, 0.25) is 5.91 Å². The summed E-state index contributed by atoms with van der Waals surface area (Å²) in [6.07, 6.45) is 5.12. The molecule has 148 valence electrons. The maximum absolute atomic E-state index is 13.4. The second-order valence-electron chi connectivity index (χ2n) is 7.26. The molecule has 6 nitrogen and oxygen atoms in total. The van der Waals surface area contributed by atoms with Gasteiger partial charge in [-0.1, -0.05) is 18.2 Å². The van der Waals surface area contributed by atoms with E-state index in [1.54, 1.807) is 6.92 Å². The standard InChI is InChI=1S/C21H23FN2O4/c1-3-23-18(26)21(2,15-9-5-4-6-10-15)19(27)24(20(23)28)13-17(25)14-8-7-11-16(22)12-14/h7-9,11-12H,3-6,10,13H2,1-2H3. The Hall–Kier alpha value is -2.83. The number of nitrogens with zero attached hydrogens (tertiary/aromatic N) is 2. The first-order valence-corrected chi connectivity index (χ1v) is 9.46. The Balaban J connectivity index is 1.96. The zero-order valence-corrected chi connectivity index (χ0v) is 16.0. The minimum Gasteiger partial charge on any atom is -0.292 e. The predicted molar refractivity (Wildman–Crippen MR) is 99.9 cm³/mol. The van der Waals surface area contributed by atoms with Crippen molar-refractivity contribution in [2.45, 2.75) is 39.5 Å². The highest BCUT2D eigenvalue weighted by molar-refractivity contribution is 6.22. The van der Waals surface area contributed by atoms with Gasteiger partial charge in [0.25, 0.3) is 5.91 Å². The largest absolute Gasteiger partial charge is 0.333 e. The number of amides is 4. The number of carbonyl (C=O) groups excluding carboxylic acids is 4. The van der Waals surface area contributed by atoms with E-state index < -0.39 is 41.4 Å². The van der Waals surface area contributed by atoms with Crippen molar-refractivity contribution in [3.8, 4) is 0 Å². The van der Waals surface area contributed by atoms with Gasteiger partial charge in [0.1, 0.15) is 11.2 Å². The van der Waals surface area contributed by atoms with Crippen molar-refractivity contribution < 1.29 is 23.6 Å². The van der Waals surface area contributed by atoms with Crippen LogP contribution in [-0.4, -0.2) is 46.5 Å². The van der Waals surface area contributed by atoms with Crippen LogP contribution in [0.1, 0.15) is 49.9 Å². The number of hydrogen-bond donors (Lipinski definition) is 0. The van der Waals surface area contributed by atoms with Gasteiger partial charge in [-0.3, -0.25) is 24.2 Å². The van der Waals surface area contributed by atoms with Gasteiger partial charge in [-0.25, -0.2) is 9.18 Å². The van der Waals surface area contributed by atoms with Crippen LogP contribution in [-0.2, 0) is 9.59 Å². The quantitative estimate of drug-likeness (QED) is 0.442. The molecule has 1 atom stereocenters. The van der Waals surface area contributed by atoms with E-state index >= 15 is 0 Å². The van der Waals surface area contributed by atoms with Crippen molar-refractivity contribution in [2.75, 3.05) is 13.1 Å². The molecule has 0 radical (unpaired) electrons. The highest BCUT2D eigenvalue weighted by Gasteiger charge is 2.56. The molecule has 0 spiro atoms. The van der Waals surface area contributed by atoms with Crippen LogP contribution < -0.4 is 0 Å². The number of Topliss-reactive ketones (excluding diaryl/α,β-unsaturated/α-hetero) is 1. The summed E-state index contributed by atoms with van der Waals surface area (Å²) in [7, 11) is 0. The van der Waals surface area contributed by atoms with E-state index in [0.29, 0.717) is 12.0 Å². The minimum atomic E-state index is -1.49. The zero-order valence-electron chi connectivity index (χ0n) is 16.0. The van der Waals surface area contributed by atoms with Gasteiger partial charge >= 0.3 is 6.03 Å². The fourth-order valence-corrected chi connectivity index (χ4v) is 3.83. The first kappa shape index (κ1) is 19.9. The van der Waals surface area contributed by atoms with E-state index in [2.05, 4.69) is 0 Å². The number of hydrogen-bond acceptors (Lipinski definition) is 4. The summed E-state index contributed by atoms with van der Waals surface area (Å²) in [6.45, 7) is 2.74. The van der Waals surface area contributed by atoms with Crippen molar-refractivity contribution in [1.29, 1.82) is 0 Å². The van der Waals surface area contributed by atoms with Gasteiger partial charge in [-0.2, -0.15) is 0 Å². The highest BCUT2D eigenvalue weighted by atomic mass is 19.1. The molecule has 0 bridgehead atoms. The fraction of sp³-hybridized carbons (Fsp3) is 0.429. The number of halogens is 1. The van der Waals surface area contributed by atoms with Crippen molar-refractivity contribution in [3.05, 3.63) is 47.3 Å². The van der Waals surface area contributed by atoms with Gasteiger partial charge in [-0.15, -0.1) is 0 Å². The lowest BCUT2D eigenvalue weighted by Gasteiger charge is -2.43. The average molecular weight is 386 g/mol. The summed E-state index contributed by atoms with van der Waals surface area (Å²) in [5, 5.41) is 0. The Morgan fingerprint density at radius 3 is 2.46 bits per heavy atom. The summed E-state index contributed by atoms with van der Waals surface area (Å²) in [6, 6.07) is 4.28. The molecule has 1 saturated heterocycles. The Bertz CT molecular complexity index is 879. The number of allylic oxidation sites excluding steroid dienone is 1. The topological polar surface area (TPSA) is 74.8 Å². The van der Waals surface area contributed by atoms with Crippen molar-refractivity contribution >= 4 is 23.6 Å². The Labute approximate surface area is 163 Å². The van der Waals surface area contributed by atoms with Gasteiger partial charge < -0.3 is 0 Å². The molecule has 0 aromatic heterocycles. The molecule has 3 rings (SSSR count). The van der Waals surface area contributed by atoms with Crippen molar-refractivity contribution in [2.24, 2.45) is 5.41 Å². The Kier molecular flexibility index (Phi) is 5.45. The molecule has 2 aliphatic rings. The molecule has 28 heavy (non-hydrogen) atoms. The third-order valence-corrected chi connectivity index (χ3v) is 5.51. The first-order valence-electron chi connectivity index (χ1n) is 9.46. The highest BCUT2D eigenvalue weighted by Crippen LogP contribution is 2.40. The van der Waals surface area contributed by atoms with Crippen LogP contribution in [0, 0.1) is 11.2 Å². The predicted octanol–water partition coefficient (Wildman–Crippen LogP) is 3.33. The van der Waals surface area contributed by atoms with E-state index in [-0.39, 0.29) is 12.1 Å². The minimum absolute atomic E-state index is 0.0686. The maximum atomic E-state index is 13.4. The van der Waals surface area contributed by atoms with E-state index in [0.717, 1.165) is 35.1 Å². The number of barbiturate groups is 1. The molecule has 1 fully saturated rings. The molecule has 1 aromatic carbocycles. The van der Waals surface area contributed by atoms with Gasteiger partial charge in [0, 0.05) is 12.1 Å². The van der Waals surface area contributed by atoms with Crippen LogP contribution in [0.5, 0.6) is 0 Å². The van der Waals surface area contributed by atoms with Crippen LogP contribution in [0.4, 0.5) is 9.18 Å². The van der Waals surface area contributed by atoms with E-state index in [1.807, 2.05) is 6.08 Å². The average Bonchev–Trinajstić information content (AvgIpc) is 2.70. The van der Waals surface area contributed by atoms with Gasteiger partial charge in [0.15, 0.2) is 5.78 Å². The molecule has 0 N–H and O–H groups in total. The fourth-order valence-electron chi connectivity index (χ4n) is 3.83. The molecule has 1 unspecified atom stereocenters. The SMILES string of the molecule is CCN1C(=O)N(CC(=O)c2cccc(F)c2)C(=O)C(C)(C2=CCCCC2)C1=O. The Morgan fingerprint density at radius 1 is 1.14 bits per heavy atom. The zero-order chi connectivity index (χ0) is 20.5. The lowest BCUT2D eigenvalue weighted by atomic mass is 9.73. The van der Waals surface area contributed by atoms with Crippen LogP contribution in [0.3, 0.4) is 0 Å². The third kappa shape index (κ3) is 3.25. The summed E-state index contributed by atoms with van der Waals surface area (Å²) in [5.41, 5.74) is -0.728. The molecule has 1 aliphatic heterocycles. The summed E-state index contributed by atoms with van der Waals surface area (Å²) in [5.74, 6) is -2.38. The summed E-state index contributed by atoms with van der Waals surface area (Å²) >= 11 is 0. The molecule has 1 heterocycles. The second kappa shape index (κ2) is 7.66. The molecule has 1 aromatic rings.